The van der Waals surface area contributed by atoms with Crippen LogP contribution in [0.4, 0.5) is 0 Å². The SMILES string of the molecule is CNC(c1ccc(Br)cn1)c1cccc2ccccc12. The second kappa shape index (κ2) is 5.73. The van der Waals surface area contributed by atoms with E-state index >= 15 is 0 Å². The van der Waals surface area contributed by atoms with Crippen molar-refractivity contribution < 1.29 is 0 Å². The van der Waals surface area contributed by atoms with Crippen LogP contribution in [0.3, 0.4) is 0 Å². The van der Waals surface area contributed by atoms with Gasteiger partial charge < -0.3 is 5.32 Å². The summed E-state index contributed by atoms with van der Waals surface area (Å²) in [5.41, 5.74) is 2.27. The van der Waals surface area contributed by atoms with Gasteiger partial charge in [0.15, 0.2) is 0 Å². The first kappa shape index (κ1) is 13.3. The van der Waals surface area contributed by atoms with Crippen molar-refractivity contribution in [1.82, 2.24) is 10.3 Å². The van der Waals surface area contributed by atoms with Crippen molar-refractivity contribution in [1.29, 1.82) is 0 Å². The fourth-order valence-electron chi connectivity index (χ4n) is 2.52. The number of hydrogen-bond donors (Lipinski definition) is 1. The molecule has 0 spiro atoms. The van der Waals surface area contributed by atoms with E-state index in [-0.39, 0.29) is 6.04 Å². The Morgan fingerprint density at radius 1 is 1.00 bits per heavy atom. The first-order valence-corrected chi connectivity index (χ1v) is 7.35. The van der Waals surface area contributed by atoms with Crippen molar-refractivity contribution in [2.75, 3.05) is 7.05 Å². The van der Waals surface area contributed by atoms with Gasteiger partial charge in [-0.3, -0.25) is 4.98 Å². The summed E-state index contributed by atoms with van der Waals surface area (Å²) in [5, 5.41) is 5.88. The zero-order chi connectivity index (χ0) is 13.9. The van der Waals surface area contributed by atoms with E-state index in [1.807, 2.05) is 25.4 Å². The second-order valence-corrected chi connectivity index (χ2v) is 5.61. The summed E-state index contributed by atoms with van der Waals surface area (Å²) in [6.07, 6.45) is 1.84. The summed E-state index contributed by atoms with van der Waals surface area (Å²) in [4.78, 5) is 4.52. The zero-order valence-corrected chi connectivity index (χ0v) is 12.8. The van der Waals surface area contributed by atoms with Crippen molar-refractivity contribution in [2.45, 2.75) is 6.04 Å². The molecule has 0 amide bonds. The molecule has 2 aromatic carbocycles. The van der Waals surface area contributed by atoms with Crippen molar-refractivity contribution in [3.05, 3.63) is 76.5 Å². The minimum Gasteiger partial charge on any atom is -0.308 e. The Kier molecular flexibility index (Phi) is 3.81. The van der Waals surface area contributed by atoms with Crippen molar-refractivity contribution in [3.63, 3.8) is 0 Å². The predicted octanol–water partition coefficient (Wildman–Crippen LogP) is 4.31. The molecule has 1 unspecified atom stereocenters. The van der Waals surface area contributed by atoms with Gasteiger partial charge in [-0.1, -0.05) is 42.5 Å². The fraction of sp³-hybridized carbons (Fsp3) is 0.118. The molecule has 1 N–H and O–H groups in total. The Morgan fingerprint density at radius 3 is 2.55 bits per heavy atom. The molecule has 1 heterocycles. The Bertz CT molecular complexity index is 717. The molecule has 0 aliphatic heterocycles. The summed E-state index contributed by atoms with van der Waals surface area (Å²) in [5.74, 6) is 0. The molecule has 0 fully saturated rings. The minimum absolute atomic E-state index is 0.0919. The Morgan fingerprint density at radius 2 is 1.80 bits per heavy atom. The smallest absolute Gasteiger partial charge is 0.0755 e. The van der Waals surface area contributed by atoms with E-state index in [1.54, 1.807) is 0 Å². The average molecular weight is 327 g/mol. The van der Waals surface area contributed by atoms with Crippen LogP contribution >= 0.6 is 15.9 Å². The molecule has 0 radical (unpaired) electrons. The van der Waals surface area contributed by atoms with Gasteiger partial charge in [-0.25, -0.2) is 0 Å². The number of aromatic nitrogens is 1. The van der Waals surface area contributed by atoms with Gasteiger partial charge in [0.05, 0.1) is 11.7 Å². The van der Waals surface area contributed by atoms with Gasteiger partial charge in [0.1, 0.15) is 0 Å². The lowest BCUT2D eigenvalue weighted by atomic mass is 9.96. The maximum Gasteiger partial charge on any atom is 0.0755 e. The third kappa shape index (κ3) is 2.47. The van der Waals surface area contributed by atoms with E-state index < -0.39 is 0 Å². The van der Waals surface area contributed by atoms with Crippen molar-refractivity contribution >= 4 is 26.7 Å². The summed E-state index contributed by atoms with van der Waals surface area (Å²) >= 11 is 3.43. The Labute approximate surface area is 127 Å². The molecule has 0 saturated heterocycles. The minimum atomic E-state index is 0.0919. The first-order valence-electron chi connectivity index (χ1n) is 6.56. The van der Waals surface area contributed by atoms with Crippen LogP contribution in [0.5, 0.6) is 0 Å². The highest BCUT2D eigenvalue weighted by Crippen LogP contribution is 2.28. The highest BCUT2D eigenvalue weighted by molar-refractivity contribution is 9.10. The van der Waals surface area contributed by atoms with Gasteiger partial charge in [0, 0.05) is 10.7 Å². The van der Waals surface area contributed by atoms with Gasteiger partial charge in [-0.05, 0) is 51.4 Å². The third-order valence-corrected chi connectivity index (χ3v) is 3.94. The van der Waals surface area contributed by atoms with Crippen LogP contribution in [0.25, 0.3) is 10.8 Å². The molecule has 0 bridgehead atoms. The van der Waals surface area contributed by atoms with Crippen LogP contribution < -0.4 is 5.32 Å². The van der Waals surface area contributed by atoms with Gasteiger partial charge >= 0.3 is 0 Å². The largest absolute Gasteiger partial charge is 0.308 e. The van der Waals surface area contributed by atoms with E-state index in [2.05, 4.69) is 68.7 Å². The summed E-state index contributed by atoms with van der Waals surface area (Å²) in [6.45, 7) is 0. The first-order chi connectivity index (χ1) is 9.79. The Hall–Kier alpha value is -1.71. The van der Waals surface area contributed by atoms with Gasteiger partial charge in [-0.15, -0.1) is 0 Å². The van der Waals surface area contributed by atoms with Crippen molar-refractivity contribution in [3.8, 4) is 0 Å². The molecular weight excluding hydrogens is 312 g/mol. The number of benzene rings is 2. The van der Waals surface area contributed by atoms with Crippen LogP contribution in [-0.2, 0) is 0 Å². The topological polar surface area (TPSA) is 24.9 Å². The van der Waals surface area contributed by atoms with Crippen LogP contribution in [0.2, 0.25) is 0 Å². The standard InChI is InChI=1S/C17H15BrN2/c1-19-17(16-10-9-13(18)11-20-16)15-8-4-6-12-5-2-3-7-14(12)15/h2-11,17,19H,1H3. The second-order valence-electron chi connectivity index (χ2n) is 4.69. The maximum absolute atomic E-state index is 4.52. The molecular formula is C17H15BrN2. The Balaban J connectivity index is 2.14. The molecule has 2 nitrogen and oxygen atoms in total. The lowest BCUT2D eigenvalue weighted by Gasteiger charge is -2.18. The lowest BCUT2D eigenvalue weighted by Crippen LogP contribution is -2.19. The summed E-state index contributed by atoms with van der Waals surface area (Å²) in [6, 6.07) is 19.0. The van der Waals surface area contributed by atoms with E-state index in [1.165, 1.54) is 16.3 Å². The maximum atomic E-state index is 4.52. The molecule has 0 saturated carbocycles. The quantitative estimate of drug-likeness (QED) is 0.775. The number of fused-ring (bicyclic) bond motifs is 1. The predicted molar refractivity (Wildman–Crippen MR) is 86.8 cm³/mol. The molecule has 20 heavy (non-hydrogen) atoms. The van der Waals surface area contributed by atoms with E-state index in [0.717, 1.165) is 10.2 Å². The normalized spacial score (nSPS) is 12.5. The monoisotopic (exact) mass is 326 g/mol. The summed E-state index contributed by atoms with van der Waals surface area (Å²) < 4.78 is 0.994. The zero-order valence-electron chi connectivity index (χ0n) is 11.2. The molecule has 1 atom stereocenters. The van der Waals surface area contributed by atoms with Crippen LogP contribution in [0, 0.1) is 0 Å². The average Bonchev–Trinajstić information content (AvgIpc) is 2.50. The molecule has 1 aromatic heterocycles. The number of nitrogens with one attached hydrogen (secondary N) is 1. The molecule has 0 aliphatic carbocycles. The molecule has 100 valence electrons. The van der Waals surface area contributed by atoms with Gasteiger partial charge in [0.2, 0.25) is 0 Å². The third-order valence-electron chi connectivity index (χ3n) is 3.47. The number of rotatable bonds is 3. The van der Waals surface area contributed by atoms with E-state index in [4.69, 9.17) is 0 Å². The number of pyridine rings is 1. The van der Waals surface area contributed by atoms with Crippen LogP contribution in [-0.4, -0.2) is 12.0 Å². The van der Waals surface area contributed by atoms with E-state index in [0.29, 0.717) is 0 Å². The van der Waals surface area contributed by atoms with Gasteiger partial charge in [0.25, 0.3) is 0 Å². The molecule has 3 heteroatoms. The fourth-order valence-corrected chi connectivity index (χ4v) is 2.76. The number of hydrogen-bond acceptors (Lipinski definition) is 2. The lowest BCUT2D eigenvalue weighted by molar-refractivity contribution is 0.675. The molecule has 3 rings (SSSR count). The van der Waals surface area contributed by atoms with E-state index in [9.17, 15) is 0 Å². The number of nitrogens with zero attached hydrogens (tertiary/aromatic N) is 1. The van der Waals surface area contributed by atoms with Crippen LogP contribution in [0.1, 0.15) is 17.3 Å². The number of halogens is 1. The molecule has 0 aliphatic rings. The highest BCUT2D eigenvalue weighted by atomic mass is 79.9. The molecule has 3 aromatic rings. The van der Waals surface area contributed by atoms with Gasteiger partial charge in [-0.2, -0.15) is 0 Å². The summed E-state index contributed by atoms with van der Waals surface area (Å²) in [7, 11) is 1.97. The van der Waals surface area contributed by atoms with Crippen molar-refractivity contribution in [2.24, 2.45) is 0 Å². The highest BCUT2D eigenvalue weighted by Gasteiger charge is 2.15. The van der Waals surface area contributed by atoms with Crippen LogP contribution in [0.15, 0.2) is 65.3 Å².